The number of para-hydroxylation sites is 2. The summed E-state index contributed by atoms with van der Waals surface area (Å²) in [5, 5.41) is 4.05. The van der Waals surface area contributed by atoms with Gasteiger partial charge >= 0.3 is 0 Å². The first kappa shape index (κ1) is 20.5. The van der Waals surface area contributed by atoms with Crippen LogP contribution in [-0.4, -0.2) is 29.2 Å². The Morgan fingerprint density at radius 1 is 1.21 bits per heavy atom. The van der Waals surface area contributed by atoms with Gasteiger partial charge in [-0.1, -0.05) is 23.7 Å². The molecule has 0 bridgehead atoms. The molecule has 0 aliphatic rings. The number of imidazole rings is 1. The topological polar surface area (TPSA) is 59.2 Å². The fourth-order valence-electron chi connectivity index (χ4n) is 3.07. The van der Waals surface area contributed by atoms with E-state index in [1.54, 1.807) is 0 Å². The van der Waals surface area contributed by atoms with Crippen molar-refractivity contribution in [1.29, 1.82) is 0 Å². The molecular weight excluding hydrogens is 374 g/mol. The van der Waals surface area contributed by atoms with Gasteiger partial charge in [-0.25, -0.2) is 4.98 Å². The van der Waals surface area contributed by atoms with E-state index >= 15 is 0 Å². The van der Waals surface area contributed by atoms with Gasteiger partial charge in [0.1, 0.15) is 5.82 Å². The van der Waals surface area contributed by atoms with Crippen LogP contribution in [0.2, 0.25) is 5.02 Å². The standard InChI is InChI=1S/C22H28ClN3O2/c1-4-27-20-13-16(12-17(23)22(20)28-15(2)3)14-24-11-7-10-21-25-18-8-5-6-9-19(18)26-21/h5-6,8-9,12-13,15,24H,4,7,10-11,14H2,1-3H3,(H,25,26). The fraction of sp³-hybridized carbons (Fsp3) is 0.409. The van der Waals surface area contributed by atoms with Gasteiger partial charge in [0.25, 0.3) is 0 Å². The van der Waals surface area contributed by atoms with Crippen LogP contribution < -0.4 is 14.8 Å². The van der Waals surface area contributed by atoms with Crippen LogP contribution in [0.3, 0.4) is 0 Å². The van der Waals surface area contributed by atoms with Gasteiger partial charge in [0.05, 0.1) is 28.8 Å². The second kappa shape index (κ2) is 9.80. The first-order valence-electron chi connectivity index (χ1n) is 9.83. The van der Waals surface area contributed by atoms with E-state index in [4.69, 9.17) is 21.1 Å². The number of nitrogens with zero attached hydrogens (tertiary/aromatic N) is 1. The number of fused-ring (bicyclic) bond motifs is 1. The monoisotopic (exact) mass is 401 g/mol. The molecular formula is C22H28ClN3O2. The fourth-order valence-corrected chi connectivity index (χ4v) is 3.35. The molecule has 3 aromatic rings. The van der Waals surface area contributed by atoms with E-state index in [1.165, 1.54) is 0 Å². The predicted molar refractivity (Wildman–Crippen MR) is 115 cm³/mol. The third-order valence-electron chi connectivity index (χ3n) is 4.26. The minimum absolute atomic E-state index is 0.0407. The smallest absolute Gasteiger partial charge is 0.180 e. The molecule has 0 aliphatic heterocycles. The van der Waals surface area contributed by atoms with E-state index in [-0.39, 0.29) is 6.10 Å². The maximum atomic E-state index is 6.43. The van der Waals surface area contributed by atoms with Crippen LogP contribution in [0.25, 0.3) is 11.0 Å². The molecule has 6 heteroatoms. The van der Waals surface area contributed by atoms with Crippen LogP contribution in [0.4, 0.5) is 0 Å². The van der Waals surface area contributed by atoms with E-state index in [9.17, 15) is 0 Å². The number of H-pyrrole nitrogens is 1. The summed E-state index contributed by atoms with van der Waals surface area (Å²) >= 11 is 6.43. The number of ether oxygens (including phenoxy) is 2. The van der Waals surface area contributed by atoms with E-state index < -0.39 is 0 Å². The van der Waals surface area contributed by atoms with E-state index in [0.717, 1.165) is 48.4 Å². The zero-order valence-electron chi connectivity index (χ0n) is 16.7. The van der Waals surface area contributed by atoms with Crippen LogP contribution in [0.1, 0.15) is 38.6 Å². The number of benzene rings is 2. The number of hydrogen-bond donors (Lipinski definition) is 2. The molecule has 0 saturated heterocycles. The number of nitrogens with one attached hydrogen (secondary N) is 2. The molecule has 3 rings (SSSR count). The lowest BCUT2D eigenvalue weighted by Gasteiger charge is -2.17. The highest BCUT2D eigenvalue weighted by Crippen LogP contribution is 2.37. The highest BCUT2D eigenvalue weighted by molar-refractivity contribution is 6.32. The molecule has 0 spiro atoms. The van der Waals surface area contributed by atoms with Crippen LogP contribution in [0.15, 0.2) is 36.4 Å². The minimum Gasteiger partial charge on any atom is -0.490 e. The molecule has 0 aliphatic carbocycles. The Labute approximate surface area is 171 Å². The molecule has 0 saturated carbocycles. The molecule has 150 valence electrons. The second-order valence-corrected chi connectivity index (χ2v) is 7.39. The second-order valence-electron chi connectivity index (χ2n) is 6.99. The molecule has 5 nitrogen and oxygen atoms in total. The van der Waals surface area contributed by atoms with Crippen molar-refractivity contribution in [2.75, 3.05) is 13.2 Å². The summed E-state index contributed by atoms with van der Waals surface area (Å²) in [5.41, 5.74) is 3.19. The van der Waals surface area contributed by atoms with Crippen LogP contribution >= 0.6 is 11.6 Å². The van der Waals surface area contributed by atoms with Crippen molar-refractivity contribution in [3.05, 3.63) is 52.8 Å². The maximum absolute atomic E-state index is 6.43. The highest BCUT2D eigenvalue weighted by atomic mass is 35.5. The minimum atomic E-state index is 0.0407. The summed E-state index contributed by atoms with van der Waals surface area (Å²) in [4.78, 5) is 7.98. The number of hydrogen-bond acceptors (Lipinski definition) is 4. The molecule has 28 heavy (non-hydrogen) atoms. The van der Waals surface area contributed by atoms with Gasteiger partial charge in [-0.3, -0.25) is 0 Å². The van der Waals surface area contributed by atoms with Gasteiger partial charge in [0, 0.05) is 13.0 Å². The molecule has 0 unspecified atom stereocenters. The number of halogens is 1. The number of aromatic nitrogens is 2. The van der Waals surface area contributed by atoms with E-state index in [1.807, 2.05) is 51.1 Å². The Morgan fingerprint density at radius 2 is 2.04 bits per heavy atom. The van der Waals surface area contributed by atoms with Crippen molar-refractivity contribution in [3.63, 3.8) is 0 Å². The zero-order chi connectivity index (χ0) is 19.9. The molecule has 1 heterocycles. The Balaban J connectivity index is 1.52. The largest absolute Gasteiger partial charge is 0.490 e. The van der Waals surface area contributed by atoms with Crippen molar-refractivity contribution in [2.45, 2.75) is 46.3 Å². The Bertz CT molecular complexity index is 875. The Morgan fingerprint density at radius 3 is 2.79 bits per heavy atom. The SMILES string of the molecule is CCOc1cc(CNCCCc2nc3ccccc3[nH]2)cc(Cl)c1OC(C)C. The van der Waals surface area contributed by atoms with Gasteiger partial charge in [-0.2, -0.15) is 0 Å². The summed E-state index contributed by atoms with van der Waals surface area (Å²) in [6.45, 7) is 8.09. The lowest BCUT2D eigenvalue weighted by atomic mass is 10.2. The molecule has 2 N–H and O–H groups in total. The van der Waals surface area contributed by atoms with Crippen molar-refractivity contribution < 1.29 is 9.47 Å². The third kappa shape index (κ3) is 5.40. The van der Waals surface area contributed by atoms with Gasteiger partial charge in [-0.15, -0.1) is 0 Å². The first-order chi connectivity index (χ1) is 13.6. The van der Waals surface area contributed by atoms with Crippen LogP contribution in [0.5, 0.6) is 11.5 Å². The average molecular weight is 402 g/mol. The molecule has 0 atom stereocenters. The maximum Gasteiger partial charge on any atom is 0.180 e. The molecule has 0 fully saturated rings. The Kier molecular flexibility index (Phi) is 7.18. The van der Waals surface area contributed by atoms with Crippen LogP contribution in [0, 0.1) is 0 Å². The summed E-state index contributed by atoms with van der Waals surface area (Å²) < 4.78 is 11.5. The summed E-state index contributed by atoms with van der Waals surface area (Å²) in [6.07, 6.45) is 1.95. The van der Waals surface area contributed by atoms with E-state index in [2.05, 4.69) is 21.4 Å². The normalized spacial score (nSPS) is 11.3. The molecule has 0 amide bonds. The van der Waals surface area contributed by atoms with Crippen LogP contribution in [-0.2, 0) is 13.0 Å². The Hall–Kier alpha value is -2.24. The summed E-state index contributed by atoms with van der Waals surface area (Å²) in [5.74, 6) is 2.34. The first-order valence-corrected chi connectivity index (χ1v) is 10.2. The summed E-state index contributed by atoms with van der Waals surface area (Å²) in [7, 11) is 0. The molecule has 0 radical (unpaired) electrons. The molecule has 1 aromatic heterocycles. The third-order valence-corrected chi connectivity index (χ3v) is 4.54. The van der Waals surface area contributed by atoms with Crippen molar-refractivity contribution in [1.82, 2.24) is 15.3 Å². The predicted octanol–water partition coefficient (Wildman–Crippen LogP) is 5.12. The summed E-state index contributed by atoms with van der Waals surface area (Å²) in [6, 6.07) is 12.0. The number of rotatable bonds is 10. The van der Waals surface area contributed by atoms with Crippen molar-refractivity contribution in [2.24, 2.45) is 0 Å². The van der Waals surface area contributed by atoms with Gasteiger partial charge in [0.2, 0.25) is 0 Å². The average Bonchev–Trinajstić information content (AvgIpc) is 3.07. The molecule has 2 aromatic carbocycles. The lowest BCUT2D eigenvalue weighted by molar-refractivity contribution is 0.224. The van der Waals surface area contributed by atoms with E-state index in [0.29, 0.717) is 23.1 Å². The van der Waals surface area contributed by atoms with Gasteiger partial charge in [-0.05, 0) is 63.6 Å². The zero-order valence-corrected chi connectivity index (χ0v) is 17.5. The van der Waals surface area contributed by atoms with Crippen molar-refractivity contribution >= 4 is 22.6 Å². The van der Waals surface area contributed by atoms with Gasteiger partial charge in [0.15, 0.2) is 11.5 Å². The quantitative estimate of drug-likeness (QED) is 0.462. The highest BCUT2D eigenvalue weighted by Gasteiger charge is 2.14. The lowest BCUT2D eigenvalue weighted by Crippen LogP contribution is -2.16. The number of aromatic amines is 1. The van der Waals surface area contributed by atoms with Gasteiger partial charge < -0.3 is 19.8 Å². The van der Waals surface area contributed by atoms with Crippen molar-refractivity contribution in [3.8, 4) is 11.5 Å². The number of aryl methyl sites for hydroxylation is 1.